The molecule has 0 spiro atoms. The Hall–Kier alpha value is -2.55. The molecule has 9 heteroatoms. The van der Waals surface area contributed by atoms with Gasteiger partial charge in [-0.25, -0.2) is 4.98 Å². The van der Waals surface area contributed by atoms with Gasteiger partial charge in [-0.1, -0.05) is 23.9 Å². The zero-order chi connectivity index (χ0) is 19.1. The molecule has 1 aromatic carbocycles. The van der Waals surface area contributed by atoms with Crippen LogP contribution in [-0.2, 0) is 14.4 Å². The molecule has 4 N–H and O–H groups in total. The molecule has 0 bridgehead atoms. The fraction of sp³-hybridized carbons (Fsp3) is 0.412. The first-order valence-corrected chi connectivity index (χ1v) is 9.20. The number of para-hydroxylation sites is 2. The second-order valence-electron chi connectivity index (χ2n) is 5.69. The molecule has 1 heterocycles. The summed E-state index contributed by atoms with van der Waals surface area (Å²) >= 11 is 1.35. The highest BCUT2D eigenvalue weighted by Gasteiger charge is 2.34. The number of nitrogens with zero attached hydrogens (tertiary/aromatic N) is 1. The standard InChI is InChI=1S/C17H23N5O3S/c1-18-14(23)8-10(15(24)19-2)11(16(25)20-3)9-26-17-21-12-6-4-5-7-13(12)22-17/h4-7,10-11H,8-9H2,1-3H3,(H,18,23)(H,19,24)(H,20,25)(H,21,22). The van der Waals surface area contributed by atoms with Gasteiger partial charge in [0, 0.05) is 33.3 Å². The number of H-pyrrole nitrogens is 1. The van der Waals surface area contributed by atoms with Crippen molar-refractivity contribution in [2.24, 2.45) is 11.8 Å². The van der Waals surface area contributed by atoms with E-state index in [0.717, 1.165) is 11.0 Å². The van der Waals surface area contributed by atoms with Crippen molar-refractivity contribution >= 4 is 40.5 Å². The highest BCUT2D eigenvalue weighted by atomic mass is 32.2. The number of benzene rings is 1. The van der Waals surface area contributed by atoms with Crippen LogP contribution in [0.3, 0.4) is 0 Å². The Labute approximate surface area is 155 Å². The first-order chi connectivity index (χ1) is 12.5. The summed E-state index contributed by atoms with van der Waals surface area (Å²) in [6, 6.07) is 7.62. The molecular weight excluding hydrogens is 354 g/mol. The molecule has 8 nitrogen and oxygen atoms in total. The lowest BCUT2D eigenvalue weighted by atomic mass is 9.88. The predicted octanol–water partition coefficient (Wildman–Crippen LogP) is 0.516. The van der Waals surface area contributed by atoms with Gasteiger partial charge < -0.3 is 20.9 Å². The number of carbonyl (C=O) groups excluding carboxylic acids is 3. The topological polar surface area (TPSA) is 116 Å². The van der Waals surface area contributed by atoms with E-state index in [-0.39, 0.29) is 24.1 Å². The summed E-state index contributed by atoms with van der Waals surface area (Å²) in [4.78, 5) is 44.1. The molecule has 0 aliphatic carbocycles. The van der Waals surface area contributed by atoms with E-state index in [1.165, 1.54) is 32.9 Å². The van der Waals surface area contributed by atoms with Gasteiger partial charge in [0.25, 0.3) is 0 Å². The maximum absolute atomic E-state index is 12.4. The van der Waals surface area contributed by atoms with Crippen LogP contribution in [0.4, 0.5) is 0 Å². The Morgan fingerprint density at radius 3 is 2.31 bits per heavy atom. The van der Waals surface area contributed by atoms with Crippen LogP contribution in [0.2, 0.25) is 0 Å². The van der Waals surface area contributed by atoms with Crippen molar-refractivity contribution in [3.8, 4) is 0 Å². The van der Waals surface area contributed by atoms with Gasteiger partial charge in [0.05, 0.1) is 22.9 Å². The number of aromatic nitrogens is 2. The molecule has 2 atom stereocenters. The third-order valence-electron chi connectivity index (χ3n) is 4.10. The van der Waals surface area contributed by atoms with Crippen LogP contribution >= 0.6 is 11.8 Å². The highest BCUT2D eigenvalue weighted by molar-refractivity contribution is 7.99. The SMILES string of the molecule is CNC(=O)CC(C(=O)NC)C(CSc1nc2ccccc2[nH]1)C(=O)NC. The van der Waals surface area contributed by atoms with E-state index in [9.17, 15) is 14.4 Å². The van der Waals surface area contributed by atoms with Crippen molar-refractivity contribution in [3.63, 3.8) is 0 Å². The number of thioether (sulfide) groups is 1. The Kier molecular flexibility index (Phi) is 7.02. The maximum Gasteiger partial charge on any atom is 0.224 e. The van der Waals surface area contributed by atoms with Crippen molar-refractivity contribution in [1.29, 1.82) is 0 Å². The van der Waals surface area contributed by atoms with Gasteiger partial charge in [0.15, 0.2) is 5.16 Å². The van der Waals surface area contributed by atoms with Gasteiger partial charge >= 0.3 is 0 Å². The molecule has 0 saturated carbocycles. The average Bonchev–Trinajstić information content (AvgIpc) is 3.08. The van der Waals surface area contributed by atoms with E-state index in [1.807, 2.05) is 24.3 Å². The van der Waals surface area contributed by atoms with Gasteiger partial charge in [0.1, 0.15) is 0 Å². The molecule has 0 radical (unpaired) electrons. The number of imidazole rings is 1. The Morgan fingerprint density at radius 1 is 1.04 bits per heavy atom. The highest BCUT2D eigenvalue weighted by Crippen LogP contribution is 2.26. The molecule has 2 aromatic rings. The van der Waals surface area contributed by atoms with E-state index in [1.54, 1.807) is 0 Å². The van der Waals surface area contributed by atoms with Gasteiger partial charge in [-0.2, -0.15) is 0 Å². The van der Waals surface area contributed by atoms with Gasteiger partial charge in [-0.15, -0.1) is 0 Å². The van der Waals surface area contributed by atoms with E-state index in [2.05, 4.69) is 25.9 Å². The Bertz CT molecular complexity index is 759. The van der Waals surface area contributed by atoms with Crippen molar-refractivity contribution in [2.75, 3.05) is 26.9 Å². The summed E-state index contributed by atoms with van der Waals surface area (Å²) in [5.74, 6) is -2.04. The Balaban J connectivity index is 2.19. The minimum absolute atomic E-state index is 0.0606. The molecule has 140 valence electrons. The van der Waals surface area contributed by atoms with E-state index < -0.39 is 11.8 Å². The number of hydrogen-bond donors (Lipinski definition) is 4. The van der Waals surface area contributed by atoms with E-state index in [0.29, 0.717) is 10.9 Å². The summed E-state index contributed by atoms with van der Waals surface area (Å²) < 4.78 is 0. The summed E-state index contributed by atoms with van der Waals surface area (Å²) in [5, 5.41) is 8.29. The van der Waals surface area contributed by atoms with Crippen molar-refractivity contribution in [3.05, 3.63) is 24.3 Å². The quantitative estimate of drug-likeness (QED) is 0.501. The molecule has 0 aliphatic heterocycles. The fourth-order valence-electron chi connectivity index (χ4n) is 2.63. The summed E-state index contributed by atoms with van der Waals surface area (Å²) in [6.07, 6.45) is -0.0606. The van der Waals surface area contributed by atoms with Crippen molar-refractivity contribution in [2.45, 2.75) is 11.6 Å². The van der Waals surface area contributed by atoms with Crippen LogP contribution in [0.15, 0.2) is 29.4 Å². The average molecular weight is 377 g/mol. The molecule has 0 aliphatic rings. The van der Waals surface area contributed by atoms with Crippen molar-refractivity contribution in [1.82, 2.24) is 25.9 Å². The number of amides is 3. The molecule has 26 heavy (non-hydrogen) atoms. The first-order valence-electron chi connectivity index (χ1n) is 8.21. The molecule has 3 amide bonds. The molecular formula is C17H23N5O3S. The van der Waals surface area contributed by atoms with Crippen LogP contribution < -0.4 is 16.0 Å². The molecule has 0 saturated heterocycles. The molecule has 1 aromatic heterocycles. The lowest BCUT2D eigenvalue weighted by Crippen LogP contribution is -2.43. The largest absolute Gasteiger partial charge is 0.359 e. The predicted molar refractivity (Wildman–Crippen MR) is 101 cm³/mol. The number of nitrogens with one attached hydrogen (secondary N) is 4. The first kappa shape index (κ1) is 19.8. The van der Waals surface area contributed by atoms with Crippen LogP contribution in [0, 0.1) is 11.8 Å². The molecule has 0 fully saturated rings. The lowest BCUT2D eigenvalue weighted by Gasteiger charge is -2.23. The third-order valence-corrected chi connectivity index (χ3v) is 5.10. The maximum atomic E-state index is 12.4. The monoisotopic (exact) mass is 377 g/mol. The van der Waals surface area contributed by atoms with Crippen LogP contribution in [0.1, 0.15) is 6.42 Å². The summed E-state index contributed by atoms with van der Waals surface area (Å²) in [5.41, 5.74) is 1.74. The zero-order valence-electron chi connectivity index (χ0n) is 15.0. The Morgan fingerprint density at radius 2 is 1.69 bits per heavy atom. The number of fused-ring (bicyclic) bond motifs is 1. The molecule has 2 rings (SSSR count). The van der Waals surface area contributed by atoms with Gasteiger partial charge in [-0.05, 0) is 12.1 Å². The van der Waals surface area contributed by atoms with Crippen LogP contribution in [0.25, 0.3) is 11.0 Å². The minimum Gasteiger partial charge on any atom is -0.359 e. The second-order valence-corrected chi connectivity index (χ2v) is 6.70. The number of rotatable bonds is 8. The van der Waals surface area contributed by atoms with E-state index >= 15 is 0 Å². The number of carbonyl (C=O) groups is 3. The smallest absolute Gasteiger partial charge is 0.224 e. The zero-order valence-corrected chi connectivity index (χ0v) is 15.8. The fourth-order valence-corrected chi connectivity index (χ4v) is 3.70. The molecule has 2 unspecified atom stereocenters. The van der Waals surface area contributed by atoms with Gasteiger partial charge in [0.2, 0.25) is 17.7 Å². The minimum atomic E-state index is -0.767. The summed E-state index contributed by atoms with van der Waals surface area (Å²) in [6.45, 7) is 0. The number of hydrogen-bond acceptors (Lipinski definition) is 5. The number of aromatic amines is 1. The van der Waals surface area contributed by atoms with Gasteiger partial charge in [-0.3, -0.25) is 14.4 Å². The lowest BCUT2D eigenvalue weighted by molar-refractivity contribution is -0.136. The van der Waals surface area contributed by atoms with Crippen molar-refractivity contribution < 1.29 is 14.4 Å². The van der Waals surface area contributed by atoms with E-state index in [4.69, 9.17) is 0 Å². The normalized spacial score (nSPS) is 13.0. The second kappa shape index (κ2) is 9.23. The van der Waals surface area contributed by atoms with Crippen LogP contribution in [-0.4, -0.2) is 54.6 Å². The summed E-state index contributed by atoms with van der Waals surface area (Å²) in [7, 11) is 4.51. The van der Waals surface area contributed by atoms with Crippen LogP contribution in [0.5, 0.6) is 0 Å². The third kappa shape index (κ3) is 4.75.